The van der Waals surface area contributed by atoms with Crippen molar-refractivity contribution in [3.63, 3.8) is 0 Å². The normalized spacial score (nSPS) is 12.9. The van der Waals surface area contributed by atoms with E-state index >= 15 is 0 Å². The van der Waals surface area contributed by atoms with Crippen LogP contribution in [0.2, 0.25) is 0 Å². The highest BCUT2D eigenvalue weighted by Gasteiger charge is 2.10. The first kappa shape index (κ1) is 16.2. The molecule has 0 heterocycles. The fourth-order valence-corrected chi connectivity index (χ4v) is 2.47. The maximum Gasteiger partial charge on any atom is 0.0462 e. The Kier molecular flexibility index (Phi) is 7.76. The molecule has 0 radical (unpaired) electrons. The second kappa shape index (κ2) is 9.11. The molecule has 1 aromatic rings. The molecule has 19 heavy (non-hydrogen) atoms. The van der Waals surface area contributed by atoms with Crippen molar-refractivity contribution >= 4 is 0 Å². The smallest absolute Gasteiger partial charge is 0.0462 e. The number of methoxy groups -OCH3 is 1. The van der Waals surface area contributed by atoms with E-state index in [2.05, 4.69) is 50.4 Å². The second-order valence-corrected chi connectivity index (χ2v) is 5.59. The van der Waals surface area contributed by atoms with Gasteiger partial charge in [-0.05, 0) is 42.9 Å². The summed E-state index contributed by atoms with van der Waals surface area (Å²) in [7, 11) is 1.77. The Labute approximate surface area is 118 Å². The molecule has 0 amide bonds. The van der Waals surface area contributed by atoms with Gasteiger partial charge in [0.1, 0.15) is 0 Å². The Morgan fingerprint density at radius 3 is 2.68 bits per heavy atom. The predicted molar refractivity (Wildman–Crippen MR) is 82.5 cm³/mol. The lowest BCUT2D eigenvalue weighted by molar-refractivity contribution is 0.189. The first-order chi connectivity index (χ1) is 9.17. The highest BCUT2D eigenvalue weighted by Crippen LogP contribution is 2.21. The lowest BCUT2D eigenvalue weighted by Gasteiger charge is -2.19. The molecule has 0 aliphatic rings. The van der Waals surface area contributed by atoms with Crippen LogP contribution in [0.25, 0.3) is 0 Å². The fraction of sp³-hybridized carbons (Fsp3) is 0.647. The minimum Gasteiger partial charge on any atom is -0.385 e. The molecule has 2 nitrogen and oxygen atoms in total. The number of ether oxygens (including phenoxy) is 1. The molecule has 1 rings (SSSR count). The van der Waals surface area contributed by atoms with Gasteiger partial charge in [0.05, 0.1) is 0 Å². The van der Waals surface area contributed by atoms with Gasteiger partial charge in [-0.25, -0.2) is 0 Å². The van der Waals surface area contributed by atoms with Crippen LogP contribution in [-0.2, 0) is 11.2 Å². The van der Waals surface area contributed by atoms with Crippen LogP contribution in [0.3, 0.4) is 0 Å². The Morgan fingerprint density at radius 1 is 1.26 bits per heavy atom. The van der Waals surface area contributed by atoms with E-state index in [1.54, 1.807) is 7.11 Å². The Hall–Kier alpha value is -0.860. The summed E-state index contributed by atoms with van der Waals surface area (Å²) in [6, 6.07) is 9.48. The van der Waals surface area contributed by atoms with Crippen LogP contribution >= 0.6 is 0 Å². The van der Waals surface area contributed by atoms with Gasteiger partial charge in [0.15, 0.2) is 0 Å². The van der Waals surface area contributed by atoms with Crippen molar-refractivity contribution < 1.29 is 4.74 Å². The van der Waals surface area contributed by atoms with E-state index < -0.39 is 0 Å². The zero-order valence-electron chi connectivity index (χ0n) is 12.9. The molecule has 0 aliphatic carbocycles. The first-order valence-corrected chi connectivity index (χ1v) is 7.48. The van der Waals surface area contributed by atoms with E-state index in [0.29, 0.717) is 12.0 Å². The maximum absolute atomic E-state index is 5.15. The summed E-state index contributed by atoms with van der Waals surface area (Å²) in [5.74, 6) is 0.710. The summed E-state index contributed by atoms with van der Waals surface area (Å²) in [6.45, 7) is 8.56. The molecular weight excluding hydrogens is 234 g/mol. The van der Waals surface area contributed by atoms with Crippen LogP contribution in [0.15, 0.2) is 24.3 Å². The van der Waals surface area contributed by atoms with Gasteiger partial charge in [-0.2, -0.15) is 0 Å². The summed E-state index contributed by atoms with van der Waals surface area (Å²) in [4.78, 5) is 0. The molecule has 0 spiro atoms. The average Bonchev–Trinajstić information content (AvgIpc) is 2.37. The average molecular weight is 263 g/mol. The van der Waals surface area contributed by atoms with E-state index in [4.69, 9.17) is 4.74 Å². The van der Waals surface area contributed by atoms with Gasteiger partial charge in [0, 0.05) is 19.8 Å². The third-order valence-electron chi connectivity index (χ3n) is 3.29. The van der Waals surface area contributed by atoms with Crippen LogP contribution < -0.4 is 5.32 Å². The Balaban J connectivity index is 2.71. The summed E-state index contributed by atoms with van der Waals surface area (Å²) >= 11 is 0. The molecule has 0 aliphatic heterocycles. The van der Waals surface area contributed by atoms with Crippen molar-refractivity contribution in [3.8, 4) is 0 Å². The van der Waals surface area contributed by atoms with Crippen LogP contribution in [0.5, 0.6) is 0 Å². The van der Waals surface area contributed by atoms with Gasteiger partial charge in [-0.1, -0.05) is 45.0 Å². The van der Waals surface area contributed by atoms with Gasteiger partial charge in [-0.3, -0.25) is 0 Å². The van der Waals surface area contributed by atoms with E-state index in [-0.39, 0.29) is 0 Å². The zero-order chi connectivity index (χ0) is 14.1. The zero-order valence-corrected chi connectivity index (χ0v) is 12.9. The molecule has 0 bridgehead atoms. The molecule has 108 valence electrons. The first-order valence-electron chi connectivity index (χ1n) is 7.48. The molecule has 0 saturated heterocycles. The minimum atomic E-state index is 0.451. The molecule has 0 saturated carbocycles. The van der Waals surface area contributed by atoms with Crippen LogP contribution in [-0.4, -0.2) is 20.3 Å². The molecule has 1 atom stereocenters. The molecule has 1 aromatic carbocycles. The van der Waals surface area contributed by atoms with Crippen LogP contribution in [0.4, 0.5) is 0 Å². The Bertz CT molecular complexity index is 349. The summed E-state index contributed by atoms with van der Waals surface area (Å²) in [6.07, 6.45) is 3.39. The van der Waals surface area contributed by atoms with Gasteiger partial charge >= 0.3 is 0 Å². The third-order valence-corrected chi connectivity index (χ3v) is 3.29. The summed E-state index contributed by atoms with van der Waals surface area (Å²) < 4.78 is 5.15. The van der Waals surface area contributed by atoms with E-state index in [1.165, 1.54) is 11.1 Å². The Morgan fingerprint density at radius 2 is 2.05 bits per heavy atom. The molecule has 2 heteroatoms. The number of hydrogen-bond donors (Lipinski definition) is 1. The SMILES string of the molecule is CCNC(CCCOC)c1cccc(CC(C)C)c1. The van der Waals surface area contributed by atoms with Crippen LogP contribution in [0, 0.1) is 5.92 Å². The second-order valence-electron chi connectivity index (χ2n) is 5.59. The number of rotatable bonds is 9. The molecule has 1 unspecified atom stereocenters. The highest BCUT2D eigenvalue weighted by atomic mass is 16.5. The van der Waals surface area contributed by atoms with E-state index in [1.807, 2.05) is 0 Å². The summed E-state index contributed by atoms with van der Waals surface area (Å²) in [5.41, 5.74) is 2.86. The van der Waals surface area contributed by atoms with Gasteiger partial charge in [0.2, 0.25) is 0 Å². The largest absolute Gasteiger partial charge is 0.385 e. The van der Waals surface area contributed by atoms with Gasteiger partial charge in [-0.15, -0.1) is 0 Å². The van der Waals surface area contributed by atoms with Crippen LogP contribution in [0.1, 0.15) is 50.8 Å². The number of benzene rings is 1. The number of nitrogens with one attached hydrogen (secondary N) is 1. The monoisotopic (exact) mass is 263 g/mol. The standard InChI is InChI=1S/C17H29NO/c1-5-18-17(10-7-11-19-4)16-9-6-8-15(13-16)12-14(2)3/h6,8-9,13-14,17-18H,5,7,10-12H2,1-4H3. The van der Waals surface area contributed by atoms with Crippen molar-refractivity contribution in [1.29, 1.82) is 0 Å². The van der Waals surface area contributed by atoms with Crippen molar-refractivity contribution in [2.75, 3.05) is 20.3 Å². The topological polar surface area (TPSA) is 21.3 Å². The van der Waals surface area contributed by atoms with Crippen molar-refractivity contribution in [2.45, 2.75) is 46.1 Å². The minimum absolute atomic E-state index is 0.451. The quantitative estimate of drug-likeness (QED) is 0.681. The molecular formula is C17H29NO. The maximum atomic E-state index is 5.15. The van der Waals surface area contributed by atoms with Crippen molar-refractivity contribution in [1.82, 2.24) is 5.32 Å². The molecule has 0 aromatic heterocycles. The molecule has 1 N–H and O–H groups in total. The summed E-state index contributed by atoms with van der Waals surface area (Å²) in [5, 5.41) is 3.58. The molecule has 0 fully saturated rings. The van der Waals surface area contributed by atoms with Crippen molar-refractivity contribution in [3.05, 3.63) is 35.4 Å². The van der Waals surface area contributed by atoms with E-state index in [0.717, 1.165) is 32.4 Å². The van der Waals surface area contributed by atoms with Gasteiger partial charge < -0.3 is 10.1 Å². The highest BCUT2D eigenvalue weighted by molar-refractivity contribution is 5.26. The van der Waals surface area contributed by atoms with Gasteiger partial charge in [0.25, 0.3) is 0 Å². The van der Waals surface area contributed by atoms with E-state index in [9.17, 15) is 0 Å². The fourth-order valence-electron chi connectivity index (χ4n) is 2.47. The lowest BCUT2D eigenvalue weighted by Crippen LogP contribution is -2.21. The van der Waals surface area contributed by atoms with Crippen molar-refractivity contribution in [2.24, 2.45) is 5.92 Å². The lowest BCUT2D eigenvalue weighted by atomic mass is 9.96. The number of hydrogen-bond acceptors (Lipinski definition) is 2. The predicted octanol–water partition coefficient (Wildman–Crippen LogP) is 3.96. The third kappa shape index (κ3) is 6.22.